The lowest BCUT2D eigenvalue weighted by molar-refractivity contribution is -0.117. The van der Waals surface area contributed by atoms with Crippen molar-refractivity contribution in [3.8, 4) is 11.5 Å². The maximum absolute atomic E-state index is 12.1. The Morgan fingerprint density at radius 3 is 2.68 bits per heavy atom. The van der Waals surface area contributed by atoms with Crippen molar-refractivity contribution in [2.24, 2.45) is 11.1 Å². The quantitative estimate of drug-likeness (QED) is 0.871. The zero-order chi connectivity index (χ0) is 15.7. The Labute approximate surface area is 129 Å². The summed E-state index contributed by atoms with van der Waals surface area (Å²) in [6, 6.07) is 5.32. The van der Waals surface area contributed by atoms with Crippen LogP contribution in [0.2, 0.25) is 0 Å². The highest BCUT2D eigenvalue weighted by molar-refractivity contribution is 7.89. The first kappa shape index (κ1) is 15.1. The van der Waals surface area contributed by atoms with Crippen LogP contribution in [-0.2, 0) is 14.8 Å². The monoisotopic (exact) mass is 326 g/mol. The number of carbonyl (C=O) groups is 1. The minimum Gasteiger partial charge on any atom is -0.490 e. The predicted molar refractivity (Wildman–Crippen MR) is 80.5 cm³/mol. The van der Waals surface area contributed by atoms with Crippen molar-refractivity contribution in [1.82, 2.24) is 0 Å². The second-order valence-electron chi connectivity index (χ2n) is 5.59. The van der Waals surface area contributed by atoms with Crippen LogP contribution >= 0.6 is 0 Å². The Hall–Kier alpha value is -1.80. The maximum Gasteiger partial charge on any atom is 0.227 e. The topological polar surface area (TPSA) is 98.9 Å². The molecule has 0 aromatic heterocycles. The second-order valence-corrected chi connectivity index (χ2v) is 7.24. The van der Waals surface area contributed by atoms with Gasteiger partial charge < -0.3 is 14.4 Å². The van der Waals surface area contributed by atoms with E-state index in [9.17, 15) is 13.2 Å². The molecule has 0 spiro atoms. The van der Waals surface area contributed by atoms with Crippen LogP contribution < -0.4 is 19.5 Å². The Kier molecular flexibility index (Phi) is 3.96. The Morgan fingerprint density at radius 1 is 1.23 bits per heavy atom. The normalized spacial score (nSPS) is 21.8. The molecule has 3 rings (SSSR count). The fraction of sp³-hybridized carbons (Fsp3) is 0.500. The summed E-state index contributed by atoms with van der Waals surface area (Å²) in [5.41, 5.74) is 0.686. The molecule has 0 aliphatic carbocycles. The van der Waals surface area contributed by atoms with Crippen molar-refractivity contribution < 1.29 is 22.7 Å². The van der Waals surface area contributed by atoms with Crippen LogP contribution in [0.15, 0.2) is 18.2 Å². The van der Waals surface area contributed by atoms with Gasteiger partial charge in [-0.05, 0) is 12.1 Å². The van der Waals surface area contributed by atoms with E-state index in [4.69, 9.17) is 14.6 Å². The third-order valence-corrected chi connectivity index (χ3v) is 4.65. The number of benzene rings is 1. The molecule has 1 saturated heterocycles. The summed E-state index contributed by atoms with van der Waals surface area (Å²) >= 11 is 0. The highest BCUT2D eigenvalue weighted by atomic mass is 32.2. The number of nitrogens with two attached hydrogens (primary N) is 1. The molecule has 1 atom stereocenters. The van der Waals surface area contributed by atoms with Crippen LogP contribution in [0.25, 0.3) is 0 Å². The molecule has 2 heterocycles. The molecule has 120 valence electrons. The number of primary sulfonamides is 1. The summed E-state index contributed by atoms with van der Waals surface area (Å²) < 4.78 is 33.5. The molecule has 2 aliphatic rings. The van der Waals surface area contributed by atoms with E-state index in [1.165, 1.54) is 0 Å². The first-order valence-electron chi connectivity index (χ1n) is 7.13. The first-order chi connectivity index (χ1) is 10.4. The Bertz CT molecular complexity index is 688. The third kappa shape index (κ3) is 3.33. The number of fused-ring (bicyclic) bond motifs is 1. The molecule has 0 bridgehead atoms. The van der Waals surface area contributed by atoms with Crippen molar-refractivity contribution in [2.75, 3.05) is 30.4 Å². The molecular weight excluding hydrogens is 308 g/mol. The molecule has 2 N–H and O–H groups in total. The van der Waals surface area contributed by atoms with Crippen molar-refractivity contribution in [2.45, 2.75) is 12.8 Å². The molecule has 1 amide bonds. The second kappa shape index (κ2) is 5.77. The van der Waals surface area contributed by atoms with E-state index in [2.05, 4.69) is 0 Å². The van der Waals surface area contributed by atoms with Gasteiger partial charge in [0, 0.05) is 37.1 Å². The molecule has 1 fully saturated rings. The molecule has 1 aromatic carbocycles. The van der Waals surface area contributed by atoms with Crippen LogP contribution in [0.5, 0.6) is 11.5 Å². The standard InChI is InChI=1S/C14H18N2O5S/c15-22(18,19)9-10-6-14(17)16(8-10)11-2-3-12-13(7-11)21-5-1-4-20-12/h2-3,7,10H,1,4-6,8-9H2,(H2,15,18,19). The van der Waals surface area contributed by atoms with Crippen molar-refractivity contribution in [1.29, 1.82) is 0 Å². The minimum absolute atomic E-state index is 0.108. The fourth-order valence-corrected chi connectivity index (χ4v) is 3.67. The van der Waals surface area contributed by atoms with Gasteiger partial charge in [0.1, 0.15) is 0 Å². The van der Waals surface area contributed by atoms with Crippen LogP contribution in [0.1, 0.15) is 12.8 Å². The van der Waals surface area contributed by atoms with Crippen molar-refractivity contribution in [3.05, 3.63) is 18.2 Å². The highest BCUT2D eigenvalue weighted by Gasteiger charge is 2.33. The van der Waals surface area contributed by atoms with Gasteiger partial charge in [-0.1, -0.05) is 0 Å². The van der Waals surface area contributed by atoms with E-state index in [1.807, 2.05) is 0 Å². The van der Waals surface area contributed by atoms with E-state index in [-0.39, 0.29) is 24.0 Å². The molecule has 7 nitrogen and oxygen atoms in total. The van der Waals surface area contributed by atoms with E-state index < -0.39 is 10.0 Å². The average molecular weight is 326 g/mol. The fourth-order valence-electron chi connectivity index (χ4n) is 2.79. The van der Waals surface area contributed by atoms with Crippen LogP contribution in [0.3, 0.4) is 0 Å². The molecule has 0 radical (unpaired) electrons. The average Bonchev–Trinajstić information content (AvgIpc) is 2.65. The van der Waals surface area contributed by atoms with Gasteiger partial charge in [0.2, 0.25) is 15.9 Å². The van der Waals surface area contributed by atoms with Gasteiger partial charge in [0.15, 0.2) is 11.5 Å². The molecule has 22 heavy (non-hydrogen) atoms. The number of nitrogens with zero attached hydrogens (tertiary/aromatic N) is 1. The van der Waals surface area contributed by atoms with Gasteiger partial charge in [-0.15, -0.1) is 0 Å². The zero-order valence-corrected chi connectivity index (χ0v) is 12.8. The molecule has 1 aromatic rings. The zero-order valence-electron chi connectivity index (χ0n) is 12.0. The molecule has 2 aliphatic heterocycles. The largest absolute Gasteiger partial charge is 0.490 e. The van der Waals surface area contributed by atoms with Gasteiger partial charge in [-0.2, -0.15) is 0 Å². The number of rotatable bonds is 3. The van der Waals surface area contributed by atoms with Gasteiger partial charge in [-0.3, -0.25) is 4.79 Å². The van der Waals surface area contributed by atoms with E-state index >= 15 is 0 Å². The lowest BCUT2D eigenvalue weighted by atomic mass is 10.1. The van der Waals surface area contributed by atoms with Gasteiger partial charge >= 0.3 is 0 Å². The minimum atomic E-state index is -3.58. The molecule has 8 heteroatoms. The van der Waals surface area contributed by atoms with Gasteiger partial charge in [-0.25, -0.2) is 13.6 Å². The number of anilines is 1. The SMILES string of the molecule is NS(=O)(=O)CC1CC(=O)N(c2ccc3c(c2)OCCCO3)C1. The number of hydrogen-bond donors (Lipinski definition) is 1. The Balaban J connectivity index is 1.79. The number of amides is 1. The van der Waals surface area contributed by atoms with Crippen LogP contribution in [0, 0.1) is 5.92 Å². The number of sulfonamides is 1. The third-order valence-electron chi connectivity index (χ3n) is 3.72. The summed E-state index contributed by atoms with van der Waals surface area (Å²) in [5.74, 6) is 0.702. The van der Waals surface area contributed by atoms with Crippen molar-refractivity contribution in [3.63, 3.8) is 0 Å². The van der Waals surface area contributed by atoms with E-state index in [0.29, 0.717) is 36.9 Å². The van der Waals surface area contributed by atoms with Crippen molar-refractivity contribution >= 4 is 21.6 Å². The van der Waals surface area contributed by atoms with Crippen LogP contribution in [0.4, 0.5) is 5.69 Å². The highest BCUT2D eigenvalue weighted by Crippen LogP contribution is 2.35. The Morgan fingerprint density at radius 2 is 1.95 bits per heavy atom. The molecule has 1 unspecified atom stereocenters. The summed E-state index contributed by atoms with van der Waals surface area (Å²) in [5, 5.41) is 5.06. The number of hydrogen-bond acceptors (Lipinski definition) is 5. The predicted octanol–water partition coefficient (Wildman–Crippen LogP) is 0.489. The number of ether oxygens (including phenoxy) is 2. The van der Waals surface area contributed by atoms with Gasteiger partial charge in [0.25, 0.3) is 0 Å². The van der Waals surface area contributed by atoms with Crippen LogP contribution in [-0.4, -0.2) is 39.8 Å². The van der Waals surface area contributed by atoms with E-state index in [1.54, 1.807) is 23.1 Å². The lowest BCUT2D eigenvalue weighted by Gasteiger charge is -2.18. The summed E-state index contributed by atoms with van der Waals surface area (Å²) in [6.07, 6.45) is 0.994. The molecular formula is C14H18N2O5S. The number of carbonyl (C=O) groups excluding carboxylic acids is 1. The summed E-state index contributed by atoms with van der Waals surface area (Å²) in [7, 11) is -3.58. The van der Waals surface area contributed by atoms with E-state index in [0.717, 1.165) is 6.42 Å². The summed E-state index contributed by atoms with van der Waals surface area (Å²) in [4.78, 5) is 13.7. The lowest BCUT2D eigenvalue weighted by Crippen LogP contribution is -2.27. The summed E-state index contributed by atoms with van der Waals surface area (Å²) in [6.45, 7) is 1.51. The maximum atomic E-state index is 12.1. The van der Waals surface area contributed by atoms with Gasteiger partial charge in [0.05, 0.1) is 19.0 Å². The smallest absolute Gasteiger partial charge is 0.227 e. The molecule has 0 saturated carbocycles. The first-order valence-corrected chi connectivity index (χ1v) is 8.84.